The molecule has 4 nitrogen and oxygen atoms in total. The summed E-state index contributed by atoms with van der Waals surface area (Å²) in [4.78, 5) is 11.9. The van der Waals surface area contributed by atoms with Crippen LogP contribution in [0.4, 0.5) is 0 Å². The number of hydrogen-bond acceptors (Lipinski definition) is 3. The van der Waals surface area contributed by atoms with Crippen LogP contribution in [-0.2, 0) is 15.6 Å². The summed E-state index contributed by atoms with van der Waals surface area (Å²) in [6.45, 7) is 3.18. The molecule has 0 saturated heterocycles. The van der Waals surface area contributed by atoms with Crippen LogP contribution in [-0.4, -0.2) is 35.2 Å². The van der Waals surface area contributed by atoms with Gasteiger partial charge in [0.25, 0.3) is 0 Å². The van der Waals surface area contributed by atoms with E-state index in [9.17, 15) is 9.00 Å². The van der Waals surface area contributed by atoms with Gasteiger partial charge in [-0.25, -0.2) is 0 Å². The quantitative estimate of drug-likeness (QED) is 0.660. The number of amides is 1. The predicted molar refractivity (Wildman–Crippen MR) is 66.4 cm³/mol. The maximum absolute atomic E-state index is 11.9. The highest BCUT2D eigenvalue weighted by atomic mass is 32.2. The molecule has 0 aromatic rings. The van der Waals surface area contributed by atoms with E-state index in [-0.39, 0.29) is 11.3 Å². The Balaban J connectivity index is 2.26. The van der Waals surface area contributed by atoms with Crippen LogP contribution < -0.4 is 11.1 Å². The Morgan fingerprint density at radius 1 is 1.56 bits per heavy atom. The van der Waals surface area contributed by atoms with E-state index in [0.29, 0.717) is 24.8 Å². The van der Waals surface area contributed by atoms with E-state index in [1.54, 1.807) is 6.26 Å². The van der Waals surface area contributed by atoms with Crippen molar-refractivity contribution in [1.82, 2.24) is 5.32 Å². The molecular formula is C11H22N2O2S. The lowest BCUT2D eigenvalue weighted by molar-refractivity contribution is -0.138. The van der Waals surface area contributed by atoms with Gasteiger partial charge in [-0.1, -0.05) is 6.92 Å². The van der Waals surface area contributed by atoms with Gasteiger partial charge in [0.05, 0.1) is 5.41 Å². The number of rotatable bonds is 6. The van der Waals surface area contributed by atoms with E-state index in [2.05, 4.69) is 12.2 Å². The van der Waals surface area contributed by atoms with Crippen molar-refractivity contribution in [3.8, 4) is 0 Å². The fourth-order valence-electron chi connectivity index (χ4n) is 2.38. The van der Waals surface area contributed by atoms with Crippen LogP contribution in [0, 0.1) is 11.3 Å². The molecule has 1 unspecified atom stereocenters. The third-order valence-electron chi connectivity index (χ3n) is 3.24. The van der Waals surface area contributed by atoms with Crippen molar-refractivity contribution in [2.45, 2.75) is 26.2 Å². The summed E-state index contributed by atoms with van der Waals surface area (Å²) in [7, 11) is -0.773. The average Bonchev–Trinajstić information content (AvgIpc) is 2.18. The van der Waals surface area contributed by atoms with E-state index in [4.69, 9.17) is 5.73 Å². The van der Waals surface area contributed by atoms with Crippen molar-refractivity contribution in [3.63, 3.8) is 0 Å². The molecule has 1 atom stereocenters. The van der Waals surface area contributed by atoms with Crippen LogP contribution >= 0.6 is 0 Å². The molecule has 0 spiro atoms. The zero-order valence-electron chi connectivity index (χ0n) is 10.1. The molecule has 0 heterocycles. The largest absolute Gasteiger partial charge is 0.356 e. The summed E-state index contributed by atoms with van der Waals surface area (Å²) in [6, 6.07) is 0. The van der Waals surface area contributed by atoms with Crippen LogP contribution in [0.5, 0.6) is 0 Å². The molecule has 16 heavy (non-hydrogen) atoms. The van der Waals surface area contributed by atoms with Gasteiger partial charge in [-0.15, -0.1) is 0 Å². The Morgan fingerprint density at radius 3 is 2.62 bits per heavy atom. The van der Waals surface area contributed by atoms with Gasteiger partial charge in [-0.3, -0.25) is 9.00 Å². The fraction of sp³-hybridized carbons (Fsp3) is 0.909. The van der Waals surface area contributed by atoms with Gasteiger partial charge in [-0.05, 0) is 25.2 Å². The van der Waals surface area contributed by atoms with Gasteiger partial charge >= 0.3 is 0 Å². The Labute approximate surface area is 99.8 Å². The van der Waals surface area contributed by atoms with Gasteiger partial charge in [-0.2, -0.15) is 0 Å². The lowest BCUT2D eigenvalue weighted by Gasteiger charge is -2.44. The molecule has 94 valence electrons. The second-order valence-electron chi connectivity index (χ2n) is 4.88. The van der Waals surface area contributed by atoms with E-state index in [0.717, 1.165) is 19.3 Å². The maximum Gasteiger partial charge on any atom is 0.227 e. The monoisotopic (exact) mass is 246 g/mol. The molecule has 0 aromatic carbocycles. The van der Waals surface area contributed by atoms with E-state index in [1.165, 1.54) is 0 Å². The first-order valence-corrected chi connectivity index (χ1v) is 7.51. The zero-order chi connectivity index (χ0) is 12.2. The minimum Gasteiger partial charge on any atom is -0.356 e. The van der Waals surface area contributed by atoms with Gasteiger partial charge in [0.1, 0.15) is 0 Å². The van der Waals surface area contributed by atoms with Crippen LogP contribution in [0.2, 0.25) is 0 Å². The van der Waals surface area contributed by atoms with Crippen molar-refractivity contribution < 1.29 is 9.00 Å². The van der Waals surface area contributed by atoms with Crippen molar-refractivity contribution in [2.75, 3.05) is 25.1 Å². The minimum absolute atomic E-state index is 0.0787. The molecule has 0 radical (unpaired) electrons. The fourth-order valence-corrected chi connectivity index (χ4v) is 2.93. The van der Waals surface area contributed by atoms with Crippen molar-refractivity contribution in [1.29, 1.82) is 0 Å². The van der Waals surface area contributed by atoms with E-state index in [1.807, 2.05) is 0 Å². The third kappa shape index (κ3) is 3.28. The molecule has 1 rings (SSSR count). The maximum atomic E-state index is 11.9. The highest BCUT2D eigenvalue weighted by molar-refractivity contribution is 7.84. The van der Waals surface area contributed by atoms with Crippen molar-refractivity contribution in [2.24, 2.45) is 17.1 Å². The first-order chi connectivity index (χ1) is 7.50. The summed E-state index contributed by atoms with van der Waals surface area (Å²) in [5.74, 6) is 1.33. The highest BCUT2D eigenvalue weighted by Crippen LogP contribution is 2.44. The Bertz CT molecular complexity index is 275. The topological polar surface area (TPSA) is 72.2 Å². The third-order valence-corrected chi connectivity index (χ3v) is 4.11. The van der Waals surface area contributed by atoms with Crippen LogP contribution in [0.3, 0.4) is 0 Å². The average molecular weight is 246 g/mol. The molecular weight excluding hydrogens is 224 g/mol. The van der Waals surface area contributed by atoms with Crippen LogP contribution in [0.25, 0.3) is 0 Å². The molecule has 1 aliphatic rings. The van der Waals surface area contributed by atoms with Gasteiger partial charge in [0, 0.05) is 35.9 Å². The summed E-state index contributed by atoms with van der Waals surface area (Å²) in [5, 5.41) is 2.90. The summed E-state index contributed by atoms with van der Waals surface area (Å²) < 4.78 is 10.8. The standard InChI is InChI=1S/C11H22N2O2S/c1-9-6-11(7-9,8-12)10(14)13-4-3-5-16(2)15/h9H,3-8,12H2,1-2H3,(H,13,14). The molecule has 1 saturated carbocycles. The van der Waals surface area contributed by atoms with Crippen molar-refractivity contribution >= 4 is 16.7 Å². The SMILES string of the molecule is CC1CC(CN)(C(=O)NCCCS(C)=O)C1. The van der Waals surface area contributed by atoms with Gasteiger partial charge < -0.3 is 11.1 Å². The minimum atomic E-state index is -0.773. The Morgan fingerprint density at radius 2 is 2.19 bits per heavy atom. The second kappa shape index (κ2) is 5.77. The summed E-state index contributed by atoms with van der Waals surface area (Å²) >= 11 is 0. The summed E-state index contributed by atoms with van der Waals surface area (Å²) in [5.41, 5.74) is 5.36. The second-order valence-corrected chi connectivity index (χ2v) is 6.44. The van der Waals surface area contributed by atoms with Crippen LogP contribution in [0.15, 0.2) is 0 Å². The molecule has 0 bridgehead atoms. The molecule has 0 aromatic heterocycles. The Kier molecular flexibility index (Phi) is 4.92. The molecule has 1 fully saturated rings. The molecule has 5 heteroatoms. The molecule has 1 amide bonds. The Hall–Kier alpha value is -0.420. The number of hydrogen-bond donors (Lipinski definition) is 2. The zero-order valence-corrected chi connectivity index (χ0v) is 10.9. The number of nitrogens with two attached hydrogens (primary N) is 1. The van der Waals surface area contributed by atoms with Gasteiger partial charge in [0.15, 0.2) is 0 Å². The molecule has 3 N–H and O–H groups in total. The first-order valence-electron chi connectivity index (χ1n) is 5.78. The number of nitrogens with one attached hydrogen (secondary N) is 1. The molecule has 0 aliphatic heterocycles. The lowest BCUT2D eigenvalue weighted by atomic mass is 9.62. The van der Waals surface area contributed by atoms with Gasteiger partial charge in [0.2, 0.25) is 5.91 Å². The lowest BCUT2D eigenvalue weighted by Crippen LogP contribution is -2.53. The van der Waals surface area contributed by atoms with Crippen LogP contribution in [0.1, 0.15) is 26.2 Å². The predicted octanol–water partition coefficient (Wildman–Crippen LogP) is 0.246. The molecule has 1 aliphatic carbocycles. The van der Waals surface area contributed by atoms with E-state index >= 15 is 0 Å². The number of carbonyl (C=O) groups is 1. The van der Waals surface area contributed by atoms with Crippen molar-refractivity contribution in [3.05, 3.63) is 0 Å². The normalized spacial score (nSPS) is 30.6. The number of carbonyl (C=O) groups excluding carboxylic acids is 1. The first kappa shape index (κ1) is 13.6. The highest BCUT2D eigenvalue weighted by Gasteiger charge is 2.46. The summed E-state index contributed by atoms with van der Waals surface area (Å²) in [6.07, 6.45) is 4.24. The van der Waals surface area contributed by atoms with E-state index < -0.39 is 10.8 Å². The smallest absolute Gasteiger partial charge is 0.227 e.